The minimum atomic E-state index is -3.57. The first kappa shape index (κ1) is 30.9. The van der Waals surface area contributed by atoms with Gasteiger partial charge in [-0.05, 0) is 54.0 Å². The Morgan fingerprint density at radius 2 is 1.85 bits per heavy atom. The Morgan fingerprint density at radius 3 is 2.46 bits per heavy atom. The first-order valence-electron chi connectivity index (χ1n) is 13.4. The number of methoxy groups -OCH3 is 1. The summed E-state index contributed by atoms with van der Waals surface area (Å²) in [6.45, 7) is 2.40. The normalized spacial score (nSPS) is 19.6. The van der Waals surface area contributed by atoms with Gasteiger partial charge in [0.15, 0.2) is 0 Å². The summed E-state index contributed by atoms with van der Waals surface area (Å²) in [6.07, 6.45) is 5.67. The van der Waals surface area contributed by atoms with E-state index in [-0.39, 0.29) is 29.1 Å². The molecule has 0 spiro atoms. The molecule has 4 rings (SSSR count). The van der Waals surface area contributed by atoms with Crippen LogP contribution in [0.2, 0.25) is 0 Å². The molecule has 220 valence electrons. The summed E-state index contributed by atoms with van der Waals surface area (Å²) >= 11 is 1.35. The maximum atomic E-state index is 13.8. The van der Waals surface area contributed by atoms with Crippen molar-refractivity contribution in [3.63, 3.8) is 0 Å². The summed E-state index contributed by atoms with van der Waals surface area (Å²) in [5, 5.41) is 8.95. The predicted molar refractivity (Wildman–Crippen MR) is 162 cm³/mol. The lowest BCUT2D eigenvalue weighted by molar-refractivity contribution is -0.134. The molecular weight excluding hydrogens is 565 g/mol. The van der Waals surface area contributed by atoms with Crippen molar-refractivity contribution in [2.45, 2.75) is 60.9 Å². The van der Waals surface area contributed by atoms with E-state index in [2.05, 4.69) is 6.92 Å². The molecule has 3 aromatic rings. The van der Waals surface area contributed by atoms with Crippen molar-refractivity contribution in [2.75, 3.05) is 13.4 Å². The fraction of sp³-hybridized carbons (Fsp3) is 0.323. The molecule has 0 fully saturated rings. The highest BCUT2D eigenvalue weighted by molar-refractivity contribution is 8.22. The van der Waals surface area contributed by atoms with Crippen molar-refractivity contribution in [3.05, 3.63) is 95.5 Å². The number of hydrogen-bond donors (Lipinski definition) is 3. The van der Waals surface area contributed by atoms with Crippen LogP contribution in [0.5, 0.6) is 11.5 Å². The molecule has 1 aliphatic rings. The summed E-state index contributed by atoms with van der Waals surface area (Å²) in [5.41, 5.74) is 2.71. The van der Waals surface area contributed by atoms with Gasteiger partial charge in [0, 0.05) is 24.6 Å². The van der Waals surface area contributed by atoms with E-state index < -0.39 is 22.6 Å². The lowest BCUT2D eigenvalue weighted by atomic mass is 9.84. The lowest BCUT2D eigenvalue weighted by Crippen LogP contribution is -2.36. The molecule has 0 aromatic heterocycles. The number of rotatable bonds is 11. The molecule has 2 atom stereocenters. The topological polar surface area (TPSA) is 99.5 Å². The second-order valence-electron chi connectivity index (χ2n) is 9.87. The van der Waals surface area contributed by atoms with Crippen molar-refractivity contribution in [1.29, 1.82) is 0 Å². The summed E-state index contributed by atoms with van der Waals surface area (Å²) < 4.78 is 50.6. The molecule has 3 N–H and O–H groups in total. The van der Waals surface area contributed by atoms with Crippen LogP contribution in [0.4, 0.5) is 4.39 Å². The van der Waals surface area contributed by atoms with E-state index in [0.717, 1.165) is 36.0 Å². The van der Waals surface area contributed by atoms with Gasteiger partial charge in [0.05, 0.1) is 16.9 Å². The van der Waals surface area contributed by atoms with Crippen LogP contribution >= 0.6 is 22.5 Å². The van der Waals surface area contributed by atoms with Crippen molar-refractivity contribution < 1.29 is 32.9 Å². The van der Waals surface area contributed by atoms with Crippen molar-refractivity contribution in [3.8, 4) is 11.5 Å². The van der Waals surface area contributed by atoms with Crippen LogP contribution in [-0.2, 0) is 11.3 Å². The monoisotopic (exact) mass is 601 g/mol. The third-order valence-electron chi connectivity index (χ3n) is 7.29. The average molecular weight is 602 g/mol. The molecule has 3 aromatic carbocycles. The number of unbranched alkanes of at least 4 members (excludes halogenated alkanes) is 1. The fourth-order valence-corrected chi connectivity index (χ4v) is 7.69. The van der Waals surface area contributed by atoms with Gasteiger partial charge in [-0.15, -0.1) is 22.5 Å². The number of hydrogen-bond acceptors (Lipinski definition) is 7. The molecule has 1 aliphatic heterocycles. The Balaban J connectivity index is 1.90. The minimum Gasteiger partial charge on any atom is -0.497 e. The van der Waals surface area contributed by atoms with Crippen molar-refractivity contribution >= 4 is 28.5 Å². The predicted octanol–water partition coefficient (Wildman–Crippen LogP) is 8.31. The number of carboxylic acids is 1. The van der Waals surface area contributed by atoms with Crippen molar-refractivity contribution in [2.24, 2.45) is 0 Å². The zero-order valence-corrected chi connectivity index (χ0v) is 25.0. The maximum absolute atomic E-state index is 13.8. The van der Waals surface area contributed by atoms with Crippen LogP contribution in [-0.4, -0.2) is 43.9 Å². The number of thioether (sulfide) groups is 1. The second-order valence-corrected chi connectivity index (χ2v) is 12.7. The Morgan fingerprint density at radius 1 is 1.15 bits per heavy atom. The van der Waals surface area contributed by atoms with Crippen LogP contribution in [0.3, 0.4) is 0 Å². The molecule has 0 bridgehead atoms. The number of benzene rings is 3. The maximum Gasteiger partial charge on any atom is 0.368 e. The third kappa shape index (κ3) is 7.07. The molecule has 2 unspecified atom stereocenters. The largest absolute Gasteiger partial charge is 0.497 e. The van der Waals surface area contributed by atoms with E-state index in [1.165, 1.54) is 17.8 Å². The number of ether oxygens (including phenoxy) is 2. The van der Waals surface area contributed by atoms with Gasteiger partial charge in [-0.3, -0.25) is 9.11 Å². The van der Waals surface area contributed by atoms with Crippen LogP contribution in [0.25, 0.3) is 0 Å². The lowest BCUT2D eigenvalue weighted by Gasteiger charge is -2.46. The fourth-order valence-electron chi connectivity index (χ4n) is 5.17. The zero-order valence-electron chi connectivity index (χ0n) is 23.3. The minimum absolute atomic E-state index is 0.147. The number of nitrogens with zero attached hydrogens (tertiary/aromatic N) is 1. The van der Waals surface area contributed by atoms with Gasteiger partial charge < -0.3 is 14.6 Å². The molecule has 7 nitrogen and oxygen atoms in total. The van der Waals surface area contributed by atoms with E-state index in [1.807, 2.05) is 66.9 Å². The Labute approximate surface area is 246 Å². The first-order valence-corrected chi connectivity index (χ1v) is 16.1. The van der Waals surface area contributed by atoms with Crippen LogP contribution in [0.15, 0.2) is 88.6 Å². The highest BCUT2D eigenvalue weighted by Crippen LogP contribution is 2.61. The number of carboxylic acid groups (broad SMARTS) is 1. The molecular formula is C31H36FNO6S2. The van der Waals surface area contributed by atoms with Gasteiger partial charge in [-0.2, -0.15) is 8.70 Å². The zero-order chi connectivity index (χ0) is 29.6. The van der Waals surface area contributed by atoms with Gasteiger partial charge in [0.25, 0.3) is 0 Å². The van der Waals surface area contributed by atoms with E-state index in [9.17, 15) is 18.3 Å². The molecule has 41 heavy (non-hydrogen) atoms. The third-order valence-corrected chi connectivity index (χ3v) is 10.1. The van der Waals surface area contributed by atoms with Crippen molar-refractivity contribution in [1.82, 2.24) is 4.31 Å². The Bertz CT molecular complexity index is 1370. The summed E-state index contributed by atoms with van der Waals surface area (Å²) in [4.78, 5) is 11.9. The summed E-state index contributed by atoms with van der Waals surface area (Å²) in [7, 11) is -1.97. The number of halogens is 1. The SMILES string of the molecule is CCCCC1CC(c2ccccc2)c2cc(SC)c(O/C=C(\F)C(=O)O)cc2S(O)(O)N1Cc1ccc(OC)cc1. The summed E-state index contributed by atoms with van der Waals surface area (Å²) in [6, 6.07) is 20.7. The Kier molecular flexibility index (Phi) is 10.4. The first-order chi connectivity index (χ1) is 19.7. The van der Waals surface area contributed by atoms with E-state index in [0.29, 0.717) is 23.3 Å². The van der Waals surface area contributed by atoms with Gasteiger partial charge in [0.1, 0.15) is 17.8 Å². The molecule has 10 heteroatoms. The van der Waals surface area contributed by atoms with E-state index in [4.69, 9.17) is 14.6 Å². The molecule has 0 saturated carbocycles. The summed E-state index contributed by atoms with van der Waals surface area (Å²) in [5.74, 6) is -2.49. The van der Waals surface area contributed by atoms with Gasteiger partial charge in [-0.25, -0.2) is 4.79 Å². The second kappa shape index (κ2) is 13.8. The molecule has 1 heterocycles. The van der Waals surface area contributed by atoms with Gasteiger partial charge >= 0.3 is 5.97 Å². The van der Waals surface area contributed by atoms with E-state index in [1.54, 1.807) is 11.4 Å². The standard InChI is InChI=1S/C31H36FNO6S2/c1-4-5-11-23-16-25(22-9-7-6-8-10-22)26-17-29(40-3)28(39-20-27(32)31(34)35)18-30(26)41(36,37)33(23)19-21-12-14-24(38-2)15-13-21/h6-10,12-15,17-18,20,23,25,36-37H,4-5,11,16,19H2,1-3H3,(H,34,35)/b27-20-. The molecule has 0 aliphatic carbocycles. The smallest absolute Gasteiger partial charge is 0.368 e. The highest BCUT2D eigenvalue weighted by Gasteiger charge is 2.41. The van der Waals surface area contributed by atoms with Crippen LogP contribution in [0, 0.1) is 0 Å². The van der Waals surface area contributed by atoms with Crippen LogP contribution < -0.4 is 9.47 Å². The number of carbonyl (C=O) groups is 1. The van der Waals surface area contributed by atoms with Crippen LogP contribution in [0.1, 0.15) is 55.2 Å². The van der Waals surface area contributed by atoms with Gasteiger partial charge in [-0.1, -0.05) is 62.2 Å². The average Bonchev–Trinajstić information content (AvgIpc) is 3.07. The quantitative estimate of drug-likeness (QED) is 0.115. The molecule has 0 radical (unpaired) electrons. The number of aliphatic carboxylic acids is 1. The highest BCUT2D eigenvalue weighted by atomic mass is 32.3. The Hall–Kier alpha value is -3.02. The van der Waals surface area contributed by atoms with E-state index >= 15 is 0 Å². The van der Waals surface area contributed by atoms with Gasteiger partial charge in [0.2, 0.25) is 5.83 Å². The number of fused-ring (bicyclic) bond motifs is 1. The molecule has 0 saturated heterocycles. The molecule has 0 amide bonds.